The molecule has 9 nitrogen and oxygen atoms in total. The number of unbranched alkanes of at least 4 members (excludes halogenated alkanes) is 32. The first-order chi connectivity index (χ1) is 28.0. The van der Waals surface area contributed by atoms with Crippen molar-refractivity contribution >= 4 is 19.8 Å². The van der Waals surface area contributed by atoms with Crippen molar-refractivity contribution in [2.75, 3.05) is 47.5 Å². The summed E-state index contributed by atoms with van der Waals surface area (Å²) in [5, 5.41) is 0. The maximum absolute atomic E-state index is 12.7. The van der Waals surface area contributed by atoms with E-state index in [1.54, 1.807) is 0 Å². The van der Waals surface area contributed by atoms with Gasteiger partial charge in [-0.1, -0.05) is 219 Å². The zero-order chi connectivity index (χ0) is 42.8. The molecule has 0 aromatic carbocycles. The number of phosphoric acid groups is 1. The number of hydrogen-bond donors (Lipinski definition) is 0. The van der Waals surface area contributed by atoms with Gasteiger partial charge in [0.15, 0.2) is 6.10 Å². The molecule has 0 spiro atoms. The van der Waals surface area contributed by atoms with Gasteiger partial charge in [-0.05, 0) is 12.8 Å². The van der Waals surface area contributed by atoms with Crippen LogP contribution in [0.4, 0.5) is 0 Å². The van der Waals surface area contributed by atoms with Gasteiger partial charge in [-0.25, -0.2) is 0 Å². The summed E-state index contributed by atoms with van der Waals surface area (Å²) < 4.78 is 34.0. The second kappa shape index (κ2) is 41.4. The van der Waals surface area contributed by atoms with Crippen LogP contribution in [-0.4, -0.2) is 70.0 Å². The quantitative estimate of drug-likeness (QED) is 0.0258. The molecule has 0 saturated heterocycles. The van der Waals surface area contributed by atoms with Crippen molar-refractivity contribution in [1.82, 2.24) is 0 Å². The van der Waals surface area contributed by atoms with E-state index in [0.717, 1.165) is 32.1 Å². The molecule has 0 aliphatic heterocycles. The fourth-order valence-electron chi connectivity index (χ4n) is 7.25. The molecule has 0 aliphatic rings. The molecule has 0 N–H and O–H groups in total. The van der Waals surface area contributed by atoms with Crippen molar-refractivity contribution in [3.8, 4) is 0 Å². The molecule has 2 atom stereocenters. The molecule has 0 aliphatic carbocycles. The highest BCUT2D eigenvalue weighted by Crippen LogP contribution is 2.38. The lowest BCUT2D eigenvalue weighted by atomic mass is 10.0. The van der Waals surface area contributed by atoms with Crippen LogP contribution in [-0.2, 0) is 32.7 Å². The zero-order valence-electron chi connectivity index (χ0n) is 39.0. The lowest BCUT2D eigenvalue weighted by Crippen LogP contribution is -2.37. The molecule has 0 aromatic heterocycles. The minimum Gasteiger partial charge on any atom is -0.756 e. The van der Waals surface area contributed by atoms with Gasteiger partial charge in [0, 0.05) is 12.8 Å². The Kier molecular flexibility index (Phi) is 40.7. The lowest BCUT2D eigenvalue weighted by molar-refractivity contribution is -0.870. The number of phosphoric ester groups is 1. The molecule has 0 amide bonds. The molecule has 58 heavy (non-hydrogen) atoms. The standard InChI is InChI=1S/C48H96NO8P/c1-6-8-10-12-14-16-18-20-22-24-25-27-29-31-33-35-37-39-41-48(51)57-46(45-56-58(52,53)55-43-42-49(3,4)5)44-54-47(50)40-38-36-34-32-30-28-26-23-21-19-17-15-13-11-9-7-2/h46H,6-45H2,1-5H3/t46-/m1/s1. The van der Waals surface area contributed by atoms with Crippen LogP contribution >= 0.6 is 7.82 Å². The van der Waals surface area contributed by atoms with E-state index < -0.39 is 26.5 Å². The number of quaternary nitrogens is 1. The number of rotatable bonds is 46. The van der Waals surface area contributed by atoms with E-state index >= 15 is 0 Å². The summed E-state index contributed by atoms with van der Waals surface area (Å²) in [7, 11) is 1.19. The maximum Gasteiger partial charge on any atom is 0.306 e. The van der Waals surface area contributed by atoms with Gasteiger partial charge < -0.3 is 27.9 Å². The monoisotopic (exact) mass is 846 g/mol. The van der Waals surface area contributed by atoms with Gasteiger partial charge >= 0.3 is 11.9 Å². The van der Waals surface area contributed by atoms with Crippen molar-refractivity contribution in [3.63, 3.8) is 0 Å². The van der Waals surface area contributed by atoms with E-state index in [9.17, 15) is 19.0 Å². The Labute approximate surface area is 359 Å². The van der Waals surface area contributed by atoms with Crippen LogP contribution in [0.15, 0.2) is 0 Å². The lowest BCUT2D eigenvalue weighted by Gasteiger charge is -2.28. The van der Waals surface area contributed by atoms with Crippen LogP contribution in [0.3, 0.4) is 0 Å². The first-order valence-corrected chi connectivity index (χ1v) is 26.2. The number of carbonyl (C=O) groups excluding carboxylic acids is 2. The minimum absolute atomic E-state index is 0.0254. The SMILES string of the molecule is CCCCCCCCCCCCCCCCCCCCC(=O)O[C@H](COC(=O)CCCCCCCCCCCCCCCCCC)COP(=O)([O-])OCC[N+](C)(C)C. The van der Waals surface area contributed by atoms with Crippen LogP contribution in [0, 0.1) is 0 Å². The Morgan fingerprint density at radius 1 is 0.466 bits per heavy atom. The number of nitrogens with zero attached hydrogens (tertiary/aromatic N) is 1. The molecule has 0 rings (SSSR count). The molecule has 0 saturated carbocycles. The fraction of sp³-hybridized carbons (Fsp3) is 0.958. The highest BCUT2D eigenvalue weighted by atomic mass is 31.2. The van der Waals surface area contributed by atoms with Crippen molar-refractivity contribution in [2.45, 2.75) is 251 Å². The summed E-state index contributed by atoms with van der Waals surface area (Å²) >= 11 is 0. The topological polar surface area (TPSA) is 111 Å². The van der Waals surface area contributed by atoms with Gasteiger partial charge in [0.05, 0.1) is 27.7 Å². The van der Waals surface area contributed by atoms with Crippen molar-refractivity contribution in [2.24, 2.45) is 0 Å². The molecular weight excluding hydrogens is 750 g/mol. The molecule has 0 aromatic rings. The number of esters is 2. The predicted octanol–water partition coefficient (Wildman–Crippen LogP) is 13.7. The number of ether oxygens (including phenoxy) is 2. The molecule has 0 heterocycles. The van der Waals surface area contributed by atoms with Crippen LogP contribution in [0.25, 0.3) is 0 Å². The van der Waals surface area contributed by atoms with Crippen LogP contribution in [0.5, 0.6) is 0 Å². The number of carbonyl (C=O) groups is 2. The molecule has 346 valence electrons. The first-order valence-electron chi connectivity index (χ1n) is 24.7. The van der Waals surface area contributed by atoms with Gasteiger partial charge in [0.1, 0.15) is 19.8 Å². The highest BCUT2D eigenvalue weighted by molar-refractivity contribution is 7.45. The number of likely N-dealkylation sites (N-methyl/N-ethyl adjacent to an activating group) is 1. The van der Waals surface area contributed by atoms with E-state index in [4.69, 9.17) is 18.5 Å². The highest BCUT2D eigenvalue weighted by Gasteiger charge is 2.21. The molecule has 10 heteroatoms. The van der Waals surface area contributed by atoms with Gasteiger partial charge in [0.2, 0.25) is 0 Å². The third-order valence-corrected chi connectivity index (χ3v) is 12.1. The molecular formula is C48H96NO8P. The summed E-state index contributed by atoms with van der Waals surface area (Å²) in [6, 6.07) is 0. The van der Waals surface area contributed by atoms with Crippen LogP contribution in [0.2, 0.25) is 0 Å². The second-order valence-corrected chi connectivity index (χ2v) is 19.6. The van der Waals surface area contributed by atoms with Crippen LogP contribution in [0.1, 0.15) is 245 Å². The molecule has 1 unspecified atom stereocenters. The van der Waals surface area contributed by atoms with Crippen molar-refractivity contribution < 1.29 is 42.1 Å². The minimum atomic E-state index is -4.62. The Morgan fingerprint density at radius 3 is 1.10 bits per heavy atom. The summed E-state index contributed by atoms with van der Waals surface area (Å²) in [6.45, 7) is 4.29. The largest absolute Gasteiger partial charge is 0.756 e. The van der Waals surface area contributed by atoms with E-state index in [-0.39, 0.29) is 32.0 Å². The summed E-state index contributed by atoms with van der Waals surface area (Å²) in [4.78, 5) is 37.6. The Bertz CT molecular complexity index is 958. The van der Waals surface area contributed by atoms with Gasteiger partial charge in [-0.15, -0.1) is 0 Å². The Morgan fingerprint density at radius 2 is 0.776 bits per heavy atom. The first kappa shape index (κ1) is 57.0. The smallest absolute Gasteiger partial charge is 0.306 e. The van der Waals surface area contributed by atoms with Gasteiger partial charge in [0.25, 0.3) is 7.82 Å². The van der Waals surface area contributed by atoms with E-state index in [1.165, 1.54) is 180 Å². The normalized spacial score (nSPS) is 13.4. The zero-order valence-corrected chi connectivity index (χ0v) is 39.9. The van der Waals surface area contributed by atoms with Gasteiger partial charge in [-0.3, -0.25) is 14.2 Å². The Hall–Kier alpha value is -0.990. The third-order valence-electron chi connectivity index (χ3n) is 11.1. The van der Waals surface area contributed by atoms with E-state index in [2.05, 4.69) is 13.8 Å². The number of hydrogen-bond acceptors (Lipinski definition) is 8. The Balaban J connectivity index is 4.23. The maximum atomic E-state index is 12.7. The molecule has 0 radical (unpaired) electrons. The average Bonchev–Trinajstić information content (AvgIpc) is 3.17. The third kappa shape index (κ3) is 44.6. The van der Waals surface area contributed by atoms with Crippen molar-refractivity contribution in [1.29, 1.82) is 0 Å². The fourth-order valence-corrected chi connectivity index (χ4v) is 7.97. The van der Waals surface area contributed by atoms with Crippen LogP contribution < -0.4 is 4.89 Å². The van der Waals surface area contributed by atoms with E-state index in [0.29, 0.717) is 17.4 Å². The molecule has 0 fully saturated rings. The second-order valence-electron chi connectivity index (χ2n) is 18.2. The van der Waals surface area contributed by atoms with Crippen molar-refractivity contribution in [3.05, 3.63) is 0 Å². The average molecular weight is 846 g/mol. The summed E-state index contributed by atoms with van der Waals surface area (Å²) in [5.74, 6) is -0.815. The van der Waals surface area contributed by atoms with E-state index in [1.807, 2.05) is 21.1 Å². The summed E-state index contributed by atoms with van der Waals surface area (Å²) in [5.41, 5.74) is 0. The van der Waals surface area contributed by atoms with Gasteiger partial charge in [-0.2, -0.15) is 0 Å². The molecule has 0 bridgehead atoms. The summed E-state index contributed by atoms with van der Waals surface area (Å²) in [6.07, 6.45) is 42.7. The predicted molar refractivity (Wildman–Crippen MR) is 241 cm³/mol.